The molecule has 2 heterocycles. The molecule has 0 bridgehead atoms. The van der Waals surface area contributed by atoms with Crippen LogP contribution in [-0.4, -0.2) is 53.7 Å². The average Bonchev–Trinajstić information content (AvgIpc) is 3.19. The second kappa shape index (κ2) is 9.41. The van der Waals surface area contributed by atoms with Gasteiger partial charge in [0.25, 0.3) is 0 Å². The normalized spacial score (nSPS) is 16.8. The lowest BCUT2D eigenvalue weighted by Gasteiger charge is -2.35. The maximum Gasteiger partial charge on any atom is 0.235 e. The van der Waals surface area contributed by atoms with Crippen LogP contribution in [0.4, 0.5) is 0 Å². The van der Waals surface area contributed by atoms with Crippen molar-refractivity contribution >= 4 is 29.0 Å². The van der Waals surface area contributed by atoms with Crippen molar-refractivity contribution < 1.29 is 4.79 Å². The van der Waals surface area contributed by atoms with Crippen LogP contribution in [0, 0.1) is 0 Å². The fraction of sp³-hybridized carbons (Fsp3) is 0.450. The third kappa shape index (κ3) is 5.59. The van der Waals surface area contributed by atoms with Crippen LogP contribution in [0.15, 0.2) is 47.8 Å². The number of hydrogen-bond acceptors (Lipinski definition) is 4. The van der Waals surface area contributed by atoms with E-state index in [-0.39, 0.29) is 5.25 Å². The number of rotatable bonds is 7. The Labute approximate surface area is 159 Å². The lowest BCUT2D eigenvalue weighted by Crippen LogP contribution is -2.50. The number of benzene rings is 1. The third-order valence-electron chi connectivity index (χ3n) is 4.63. The minimum atomic E-state index is 0.0258. The van der Waals surface area contributed by atoms with Crippen LogP contribution >= 0.6 is 23.1 Å². The maximum atomic E-state index is 12.7. The molecule has 3 nitrogen and oxygen atoms in total. The first-order valence-corrected chi connectivity index (χ1v) is 10.8. The Hall–Kier alpha value is -1.30. The van der Waals surface area contributed by atoms with Gasteiger partial charge in [-0.15, -0.1) is 23.1 Å². The van der Waals surface area contributed by atoms with E-state index in [2.05, 4.69) is 46.7 Å². The van der Waals surface area contributed by atoms with Crippen molar-refractivity contribution in [2.45, 2.75) is 24.3 Å². The van der Waals surface area contributed by atoms with Gasteiger partial charge in [0.05, 0.1) is 5.25 Å². The van der Waals surface area contributed by atoms with Gasteiger partial charge in [0.1, 0.15) is 0 Å². The number of thioether (sulfide) groups is 1. The number of hydrogen-bond donors (Lipinski definition) is 0. The molecule has 25 heavy (non-hydrogen) atoms. The van der Waals surface area contributed by atoms with E-state index < -0.39 is 0 Å². The van der Waals surface area contributed by atoms with Crippen molar-refractivity contribution in [1.82, 2.24) is 9.80 Å². The summed E-state index contributed by atoms with van der Waals surface area (Å²) in [6, 6.07) is 14.7. The molecule has 1 aliphatic rings. The van der Waals surface area contributed by atoms with Gasteiger partial charge in [-0.05, 0) is 30.4 Å². The Morgan fingerprint density at radius 3 is 2.56 bits per heavy atom. The molecule has 1 aromatic carbocycles. The molecule has 0 saturated carbocycles. The van der Waals surface area contributed by atoms with Crippen LogP contribution in [0.2, 0.25) is 0 Å². The number of amides is 1. The quantitative estimate of drug-likeness (QED) is 0.737. The summed E-state index contributed by atoms with van der Waals surface area (Å²) in [5, 5.41) is 2.17. The van der Waals surface area contributed by atoms with Crippen molar-refractivity contribution in [3.8, 4) is 0 Å². The molecule has 1 amide bonds. The van der Waals surface area contributed by atoms with Gasteiger partial charge in [-0.1, -0.05) is 36.4 Å². The Bertz CT molecular complexity index is 637. The first-order valence-electron chi connectivity index (χ1n) is 8.91. The molecule has 1 saturated heterocycles. The molecule has 134 valence electrons. The van der Waals surface area contributed by atoms with Crippen molar-refractivity contribution in [2.24, 2.45) is 0 Å². The average molecular weight is 375 g/mol. The lowest BCUT2D eigenvalue weighted by atomic mass is 10.2. The number of thiophene rings is 1. The highest BCUT2D eigenvalue weighted by Gasteiger charge is 2.24. The van der Waals surface area contributed by atoms with Crippen molar-refractivity contribution in [3.05, 3.63) is 58.3 Å². The van der Waals surface area contributed by atoms with Gasteiger partial charge < -0.3 is 4.90 Å². The second-order valence-corrected chi connectivity index (χ2v) is 8.80. The van der Waals surface area contributed by atoms with Crippen LogP contribution in [0.25, 0.3) is 0 Å². The topological polar surface area (TPSA) is 23.6 Å². The van der Waals surface area contributed by atoms with Gasteiger partial charge in [0, 0.05) is 43.4 Å². The van der Waals surface area contributed by atoms with Crippen LogP contribution in [0.3, 0.4) is 0 Å². The fourth-order valence-corrected chi connectivity index (χ4v) is 4.66. The highest BCUT2D eigenvalue weighted by molar-refractivity contribution is 7.99. The molecule has 0 radical (unpaired) electrons. The van der Waals surface area contributed by atoms with Gasteiger partial charge in [0.2, 0.25) is 5.91 Å². The first kappa shape index (κ1) is 18.5. The zero-order valence-electron chi connectivity index (χ0n) is 14.8. The SMILES string of the molecule is CC(SCc1ccccc1)C(=O)N1CCN(CCc2cccs2)CC1. The minimum Gasteiger partial charge on any atom is -0.339 e. The fourth-order valence-electron chi connectivity index (χ4n) is 3.04. The van der Waals surface area contributed by atoms with Gasteiger partial charge in [0.15, 0.2) is 0 Å². The standard InChI is InChI=1S/C20H26N2OS2/c1-17(25-16-18-6-3-2-4-7-18)20(23)22-13-11-21(12-14-22)10-9-19-8-5-15-24-19/h2-8,15,17H,9-14,16H2,1H3. The van der Waals surface area contributed by atoms with Crippen molar-refractivity contribution in [1.29, 1.82) is 0 Å². The molecular formula is C20H26N2OS2. The molecule has 1 aliphatic heterocycles. The highest BCUT2D eigenvalue weighted by atomic mass is 32.2. The van der Waals surface area contributed by atoms with Crippen LogP contribution in [0.1, 0.15) is 17.4 Å². The van der Waals surface area contributed by atoms with Crippen LogP contribution in [0.5, 0.6) is 0 Å². The number of carbonyl (C=O) groups is 1. The predicted molar refractivity (Wildman–Crippen MR) is 108 cm³/mol. The molecule has 1 aromatic heterocycles. The summed E-state index contributed by atoms with van der Waals surface area (Å²) in [5.41, 5.74) is 1.28. The van der Waals surface area contributed by atoms with E-state index in [1.165, 1.54) is 10.4 Å². The second-order valence-electron chi connectivity index (χ2n) is 6.44. The monoisotopic (exact) mass is 374 g/mol. The van der Waals surface area contributed by atoms with Gasteiger partial charge in [-0.25, -0.2) is 0 Å². The Morgan fingerprint density at radius 1 is 1.12 bits per heavy atom. The van der Waals surface area contributed by atoms with E-state index in [1.807, 2.05) is 29.2 Å². The molecule has 0 spiro atoms. The Balaban J connectivity index is 1.38. The zero-order valence-corrected chi connectivity index (χ0v) is 16.4. The van der Waals surface area contributed by atoms with Crippen LogP contribution in [-0.2, 0) is 17.0 Å². The van der Waals surface area contributed by atoms with Crippen molar-refractivity contribution in [2.75, 3.05) is 32.7 Å². The maximum absolute atomic E-state index is 12.7. The molecule has 2 aromatic rings. The van der Waals surface area contributed by atoms with Crippen molar-refractivity contribution in [3.63, 3.8) is 0 Å². The van der Waals surface area contributed by atoms with E-state index in [1.54, 1.807) is 11.8 Å². The van der Waals surface area contributed by atoms with E-state index in [0.29, 0.717) is 5.91 Å². The molecule has 0 N–H and O–H groups in total. The summed E-state index contributed by atoms with van der Waals surface area (Å²) < 4.78 is 0. The Kier molecular flexibility index (Phi) is 6.96. The summed E-state index contributed by atoms with van der Waals surface area (Å²) in [6.45, 7) is 6.85. The summed E-state index contributed by atoms with van der Waals surface area (Å²) >= 11 is 3.57. The third-order valence-corrected chi connectivity index (χ3v) is 6.77. The number of nitrogens with zero attached hydrogens (tertiary/aromatic N) is 2. The molecule has 1 fully saturated rings. The van der Waals surface area contributed by atoms with Crippen LogP contribution < -0.4 is 0 Å². The predicted octanol–water partition coefficient (Wildman–Crippen LogP) is 3.76. The summed E-state index contributed by atoms with van der Waals surface area (Å²) in [4.78, 5) is 18.6. The molecule has 3 rings (SSSR count). The van der Waals surface area contributed by atoms with Gasteiger partial charge >= 0.3 is 0 Å². The minimum absolute atomic E-state index is 0.0258. The number of piperazine rings is 1. The molecule has 0 aliphatic carbocycles. The first-order chi connectivity index (χ1) is 12.2. The van der Waals surface area contributed by atoms with E-state index >= 15 is 0 Å². The van der Waals surface area contributed by atoms with E-state index in [9.17, 15) is 4.79 Å². The van der Waals surface area contributed by atoms with E-state index in [0.717, 1.165) is 44.9 Å². The lowest BCUT2D eigenvalue weighted by molar-refractivity contribution is -0.132. The largest absolute Gasteiger partial charge is 0.339 e. The molecule has 5 heteroatoms. The van der Waals surface area contributed by atoms with E-state index in [4.69, 9.17) is 0 Å². The smallest absolute Gasteiger partial charge is 0.235 e. The Morgan fingerprint density at radius 2 is 1.88 bits per heavy atom. The summed E-state index contributed by atoms with van der Waals surface area (Å²) in [7, 11) is 0. The molecular weight excluding hydrogens is 348 g/mol. The molecule has 1 atom stereocenters. The van der Waals surface area contributed by atoms with Gasteiger partial charge in [-0.3, -0.25) is 9.69 Å². The highest BCUT2D eigenvalue weighted by Crippen LogP contribution is 2.20. The summed E-state index contributed by atoms with van der Waals surface area (Å²) in [5.74, 6) is 1.19. The number of carbonyl (C=O) groups excluding carboxylic acids is 1. The van der Waals surface area contributed by atoms with Gasteiger partial charge in [-0.2, -0.15) is 0 Å². The zero-order chi connectivity index (χ0) is 17.5. The summed E-state index contributed by atoms with van der Waals surface area (Å²) in [6.07, 6.45) is 1.12. The molecule has 1 unspecified atom stereocenters.